The summed E-state index contributed by atoms with van der Waals surface area (Å²) in [4.78, 5) is 5.98. The van der Waals surface area contributed by atoms with Gasteiger partial charge < -0.3 is 9.47 Å². The van der Waals surface area contributed by atoms with Crippen LogP contribution in [-0.4, -0.2) is 14.2 Å². The van der Waals surface area contributed by atoms with E-state index in [0.717, 1.165) is 11.5 Å². The number of hydrogen-bond acceptors (Lipinski definition) is 4. The van der Waals surface area contributed by atoms with Gasteiger partial charge in [-0.2, -0.15) is 0 Å². The standard InChI is InChI=1S/2C7H7N2O.4ClH.Zn/c2*1-10-7-4-2-6(9-8)3-5-7;;;;;/h2*2-5H,1H3;4*1H;/q2*+1;;;;;+2/p-4. The molecular formula is C14H14Cl4N4O2Zn. The van der Waals surface area contributed by atoms with Crippen molar-refractivity contribution < 1.29 is 20.3 Å². The molecule has 132 valence electrons. The second-order valence-corrected chi connectivity index (χ2v) is 31.9. The maximum atomic E-state index is 8.29. The van der Waals surface area contributed by atoms with Crippen LogP contribution in [0.4, 0.5) is 11.4 Å². The molecule has 2 aromatic carbocycles. The summed E-state index contributed by atoms with van der Waals surface area (Å²) in [5, 5.41) is 16.6. The fraction of sp³-hybridized carbons (Fsp3) is 0.143. The Labute approximate surface area is 164 Å². The second-order valence-electron chi connectivity index (χ2n) is 4.20. The minimum atomic E-state index is -3.36. The number of diazo groups is 2. The van der Waals surface area contributed by atoms with Gasteiger partial charge >= 0.3 is 61.0 Å². The summed E-state index contributed by atoms with van der Waals surface area (Å²) in [7, 11) is 20.0. The number of methoxy groups -OCH3 is 2. The molecular weight excluding hydrogens is 463 g/mol. The summed E-state index contributed by atoms with van der Waals surface area (Å²) in [6, 6.07) is 13.6. The molecule has 0 aromatic heterocycles. The van der Waals surface area contributed by atoms with Gasteiger partial charge in [-0.1, -0.05) is 0 Å². The Morgan fingerprint density at radius 1 is 0.680 bits per heavy atom. The topological polar surface area (TPSA) is 74.8 Å². The zero-order chi connectivity index (χ0) is 19.3. The van der Waals surface area contributed by atoms with Gasteiger partial charge in [0.25, 0.3) is 0 Å². The maximum absolute atomic E-state index is 8.29. The van der Waals surface area contributed by atoms with Crippen LogP contribution >= 0.6 is 38.8 Å². The van der Waals surface area contributed by atoms with Gasteiger partial charge in [0.15, 0.2) is 9.95 Å². The van der Waals surface area contributed by atoms with Crippen molar-refractivity contribution in [3.05, 3.63) is 58.5 Å². The van der Waals surface area contributed by atoms with Gasteiger partial charge in [-0.25, -0.2) is 0 Å². The van der Waals surface area contributed by atoms with E-state index in [1.54, 1.807) is 62.8 Å². The second kappa shape index (κ2) is 12.9. The number of benzene rings is 2. The zero-order valence-corrected chi connectivity index (χ0v) is 19.4. The molecule has 0 saturated heterocycles. The van der Waals surface area contributed by atoms with Crippen LogP contribution in [0.5, 0.6) is 11.5 Å². The van der Waals surface area contributed by atoms with Gasteiger partial charge in [0.1, 0.15) is 11.5 Å². The third-order valence-corrected chi connectivity index (χ3v) is 2.38. The Hall–Kier alpha value is -1.34. The first-order chi connectivity index (χ1) is 11.7. The molecule has 25 heavy (non-hydrogen) atoms. The van der Waals surface area contributed by atoms with Crippen molar-refractivity contribution in [2.75, 3.05) is 14.2 Å². The molecule has 0 amide bonds. The summed E-state index contributed by atoms with van der Waals surface area (Å²) in [5.41, 5.74) is 1.06. The zero-order valence-electron chi connectivity index (χ0n) is 13.4. The molecule has 0 heterocycles. The van der Waals surface area contributed by atoms with Crippen LogP contribution in [0.1, 0.15) is 0 Å². The molecule has 0 saturated carbocycles. The number of ether oxygens (including phenoxy) is 2. The molecule has 0 N–H and O–H groups in total. The van der Waals surface area contributed by atoms with Gasteiger partial charge in [0.2, 0.25) is 10.8 Å². The van der Waals surface area contributed by atoms with Crippen molar-refractivity contribution >= 4 is 50.1 Å². The average Bonchev–Trinajstić information content (AvgIpc) is 2.61. The molecule has 0 spiro atoms. The van der Waals surface area contributed by atoms with Crippen molar-refractivity contribution in [2.24, 2.45) is 0 Å². The molecule has 0 aliphatic rings. The van der Waals surface area contributed by atoms with Crippen molar-refractivity contribution in [3.8, 4) is 11.5 Å². The van der Waals surface area contributed by atoms with E-state index in [9.17, 15) is 0 Å². The monoisotopic (exact) mass is 474 g/mol. The molecule has 11 heteroatoms. The molecule has 0 unspecified atom stereocenters. The van der Waals surface area contributed by atoms with Crippen molar-refractivity contribution in [2.45, 2.75) is 0 Å². The predicted octanol–water partition coefficient (Wildman–Crippen LogP) is 7.12. The molecule has 0 bridgehead atoms. The number of rotatable bonds is 2. The van der Waals surface area contributed by atoms with E-state index >= 15 is 0 Å². The Kier molecular flexibility index (Phi) is 12.3. The Bertz CT molecular complexity index is 647. The number of hydrogen-bond donors (Lipinski definition) is 0. The van der Waals surface area contributed by atoms with Crippen LogP contribution < -0.4 is 9.47 Å². The number of nitrogens with zero attached hydrogens (tertiary/aromatic N) is 4. The van der Waals surface area contributed by atoms with E-state index in [1.165, 1.54) is 0 Å². The molecule has 0 radical (unpaired) electrons. The van der Waals surface area contributed by atoms with E-state index in [4.69, 9.17) is 59.0 Å². The first-order valence-electron chi connectivity index (χ1n) is 6.78. The van der Waals surface area contributed by atoms with Gasteiger partial charge in [-0.3, -0.25) is 0 Å². The normalized spacial score (nSPS) is 9.12. The minimum absolute atomic E-state index is 0.529. The van der Waals surface area contributed by atoms with Crippen molar-refractivity contribution in [1.82, 2.24) is 0 Å². The van der Waals surface area contributed by atoms with Crippen LogP contribution in [0.2, 0.25) is 0 Å². The quantitative estimate of drug-likeness (QED) is 0.341. The SMILES string of the molecule is COc1ccc([N+]#N)cc1.COc1ccc([N+]#N)cc1.[Cl][Zn-2]([Cl])([Cl])[Cl]. The van der Waals surface area contributed by atoms with Crippen LogP contribution in [-0.2, 0) is 10.8 Å². The summed E-state index contributed by atoms with van der Waals surface area (Å²) in [5.74, 6) is 1.51. The van der Waals surface area contributed by atoms with E-state index < -0.39 is 10.8 Å². The van der Waals surface area contributed by atoms with Crippen LogP contribution in [0.3, 0.4) is 0 Å². The van der Waals surface area contributed by atoms with Crippen molar-refractivity contribution in [1.29, 1.82) is 10.8 Å². The van der Waals surface area contributed by atoms with E-state index in [0.29, 0.717) is 11.4 Å². The van der Waals surface area contributed by atoms with Gasteiger partial charge in [0.05, 0.1) is 14.2 Å². The van der Waals surface area contributed by atoms with Crippen molar-refractivity contribution in [3.63, 3.8) is 0 Å². The molecule has 2 aromatic rings. The van der Waals surface area contributed by atoms with Gasteiger partial charge in [-0.05, 0) is 24.3 Å². The molecule has 0 atom stereocenters. The first-order valence-corrected chi connectivity index (χ1v) is 22.4. The summed E-state index contributed by atoms with van der Waals surface area (Å²) in [6.07, 6.45) is 0. The molecule has 6 nitrogen and oxygen atoms in total. The molecule has 2 rings (SSSR count). The van der Waals surface area contributed by atoms with E-state index in [1.807, 2.05) is 0 Å². The summed E-state index contributed by atoms with van der Waals surface area (Å²) < 4.78 is 9.78. The third kappa shape index (κ3) is 13.6. The number of halogens is 4. The Morgan fingerprint density at radius 2 is 0.920 bits per heavy atom. The third-order valence-electron chi connectivity index (χ3n) is 2.38. The first kappa shape index (κ1) is 23.7. The molecule has 0 aliphatic heterocycles. The molecule has 0 fully saturated rings. The van der Waals surface area contributed by atoms with E-state index in [2.05, 4.69) is 9.95 Å². The average molecular weight is 477 g/mol. The van der Waals surface area contributed by atoms with Crippen LogP contribution in [0.15, 0.2) is 48.5 Å². The van der Waals surface area contributed by atoms with Gasteiger partial charge in [-0.15, -0.1) is 0 Å². The fourth-order valence-electron chi connectivity index (χ4n) is 1.30. The Morgan fingerprint density at radius 3 is 1.08 bits per heavy atom. The fourth-order valence-corrected chi connectivity index (χ4v) is 1.30. The van der Waals surface area contributed by atoms with Crippen LogP contribution in [0.25, 0.3) is 9.95 Å². The summed E-state index contributed by atoms with van der Waals surface area (Å²) >= 11 is 0. The Balaban J connectivity index is 0.000000368. The van der Waals surface area contributed by atoms with Gasteiger partial charge in [0, 0.05) is 24.3 Å². The van der Waals surface area contributed by atoms with Crippen LogP contribution in [0, 0.1) is 10.8 Å². The van der Waals surface area contributed by atoms with E-state index in [-0.39, 0.29) is 0 Å². The molecule has 0 aliphatic carbocycles. The predicted molar refractivity (Wildman–Crippen MR) is 98.9 cm³/mol. The summed E-state index contributed by atoms with van der Waals surface area (Å²) in [6.45, 7) is 0.